The molecule has 2 nitrogen and oxygen atoms in total. The van der Waals surface area contributed by atoms with Crippen molar-refractivity contribution in [3.8, 4) is 0 Å². The number of hydrogen-bond acceptors (Lipinski definition) is 3. The van der Waals surface area contributed by atoms with Gasteiger partial charge in [-0.25, -0.2) is 0 Å². The molecular formula is C3H2NOPS2. The van der Waals surface area contributed by atoms with Crippen LogP contribution in [0.4, 0.5) is 0 Å². The average Bonchev–Trinajstić information content (AvgIpc) is 1.64. The van der Waals surface area contributed by atoms with Gasteiger partial charge < -0.3 is 12.8 Å². The lowest BCUT2D eigenvalue weighted by atomic mass is 10.8. The van der Waals surface area contributed by atoms with Crippen LogP contribution in [0.5, 0.6) is 0 Å². The number of hydrogen-bond donors (Lipinski definition) is 0. The Kier molecular flexibility index (Phi) is 1.89. The molecule has 0 unspecified atom stereocenters. The molecule has 0 saturated heterocycles. The van der Waals surface area contributed by atoms with E-state index in [4.69, 9.17) is 16.7 Å². The van der Waals surface area contributed by atoms with Crippen molar-refractivity contribution in [1.82, 2.24) is 0 Å². The molecule has 1 aromatic heterocycles. The van der Waals surface area contributed by atoms with Crippen LogP contribution in [0.25, 0.3) is 0 Å². The summed E-state index contributed by atoms with van der Waals surface area (Å²) in [6.07, 6.45) is 1.48. The highest BCUT2D eigenvalue weighted by Crippen LogP contribution is 1.96. The first kappa shape index (κ1) is 6.08. The third-order valence-electron chi connectivity index (χ3n) is 0.542. The summed E-state index contributed by atoms with van der Waals surface area (Å²) in [6, 6.07) is 1.71. The molecule has 0 aromatic carbocycles. The van der Waals surface area contributed by atoms with Crippen molar-refractivity contribution < 1.29 is 8.43 Å². The van der Waals surface area contributed by atoms with Crippen LogP contribution in [-0.4, -0.2) is 0 Å². The molecule has 8 heavy (non-hydrogen) atoms. The van der Waals surface area contributed by atoms with Gasteiger partial charge in [0.1, 0.15) is 4.24 Å². The highest BCUT2D eigenvalue weighted by atomic mass is 32.1. The van der Waals surface area contributed by atoms with Gasteiger partial charge in [0.2, 0.25) is 0 Å². The zero-order chi connectivity index (χ0) is 5.98. The van der Waals surface area contributed by atoms with Gasteiger partial charge in [-0.05, 0) is 0 Å². The third kappa shape index (κ3) is 1.47. The quantitative estimate of drug-likeness (QED) is 0.422. The van der Waals surface area contributed by atoms with Gasteiger partial charge in [0.25, 0.3) is 8.35 Å². The lowest BCUT2D eigenvalue weighted by Gasteiger charge is -1.85. The van der Waals surface area contributed by atoms with Crippen LogP contribution in [-0.2, 0) is 12.8 Å². The van der Waals surface area contributed by atoms with E-state index in [-0.39, 0.29) is 0 Å². The van der Waals surface area contributed by atoms with Crippen LogP contribution in [0.1, 0.15) is 0 Å². The van der Waals surface area contributed by atoms with Crippen LogP contribution in [0, 0.1) is 4.24 Å². The van der Waals surface area contributed by atoms with Crippen molar-refractivity contribution >= 4 is 33.4 Å². The highest BCUT2D eigenvalue weighted by Gasteiger charge is 1.84. The fourth-order valence-electron chi connectivity index (χ4n) is 0.278. The van der Waals surface area contributed by atoms with Crippen molar-refractivity contribution in [2.45, 2.75) is 0 Å². The molecule has 0 aliphatic heterocycles. The topological polar surface area (TPSA) is 17.0 Å². The largest absolute Gasteiger partial charge is 0.367 e. The summed E-state index contributed by atoms with van der Waals surface area (Å²) in [5.41, 5.74) is 0. The Balaban J connectivity index is 3.28. The first-order valence-electron chi connectivity index (χ1n) is 1.85. The van der Waals surface area contributed by atoms with E-state index < -0.39 is 0 Å². The van der Waals surface area contributed by atoms with E-state index in [9.17, 15) is 0 Å². The maximum absolute atomic E-state index is 4.80. The first-order chi connectivity index (χ1) is 3.79. The molecule has 1 heterocycles. The van der Waals surface area contributed by atoms with E-state index in [1.807, 2.05) is 0 Å². The smallest absolute Gasteiger partial charge is 0.294 e. The van der Waals surface area contributed by atoms with Gasteiger partial charge in [-0.2, -0.15) is 0 Å². The summed E-state index contributed by atoms with van der Waals surface area (Å²) < 4.78 is 6.74. The standard InChI is InChI=1S/C3H2NOPS2/c7-3-1-2-5-4(8)6-3/h1-2H. The maximum Gasteiger partial charge on any atom is 0.294 e. The minimum atomic E-state index is 0.766. The molecule has 5 heteroatoms. The normalized spacial score (nSPS) is 10.0. The molecule has 0 atom stereocenters. The SMILES string of the molecule is S=c1cco[n+]([S-])p1. The van der Waals surface area contributed by atoms with Crippen molar-refractivity contribution in [3.05, 3.63) is 16.6 Å². The summed E-state index contributed by atoms with van der Waals surface area (Å²) in [6.45, 7) is 0. The number of nitrogens with zero attached hydrogens (tertiary/aromatic N) is 1. The summed E-state index contributed by atoms with van der Waals surface area (Å²) >= 11 is 9.42. The molecule has 0 aliphatic carbocycles. The van der Waals surface area contributed by atoms with Crippen LogP contribution in [0.15, 0.2) is 16.9 Å². The Morgan fingerprint density at radius 2 is 2.62 bits per heavy atom. The second kappa shape index (κ2) is 2.49. The molecule has 0 fully saturated rings. The van der Waals surface area contributed by atoms with Crippen LogP contribution in [0.2, 0.25) is 0 Å². The van der Waals surface area contributed by atoms with Gasteiger partial charge in [-0.1, -0.05) is 16.1 Å². The van der Waals surface area contributed by atoms with E-state index in [1.54, 1.807) is 6.07 Å². The van der Waals surface area contributed by atoms with Gasteiger partial charge in [0.05, 0.1) is 0 Å². The third-order valence-corrected chi connectivity index (χ3v) is 1.86. The Morgan fingerprint density at radius 1 is 1.88 bits per heavy atom. The minimum Gasteiger partial charge on any atom is -0.367 e. The van der Waals surface area contributed by atoms with Crippen LogP contribution < -0.4 is 3.91 Å². The van der Waals surface area contributed by atoms with Gasteiger partial charge in [0.15, 0.2) is 6.26 Å². The van der Waals surface area contributed by atoms with Crippen molar-refractivity contribution in [2.24, 2.45) is 0 Å². The zero-order valence-electron chi connectivity index (χ0n) is 3.77. The van der Waals surface area contributed by atoms with Gasteiger partial charge >= 0.3 is 0 Å². The summed E-state index contributed by atoms with van der Waals surface area (Å²) in [5, 5.41) is 0. The van der Waals surface area contributed by atoms with Gasteiger partial charge in [0, 0.05) is 6.07 Å². The van der Waals surface area contributed by atoms with E-state index in [2.05, 4.69) is 12.8 Å². The fraction of sp³-hybridized carbons (Fsp3) is 0. The number of rotatable bonds is 0. The molecule has 1 rings (SSSR count). The Bertz CT molecular complexity index is 235. The van der Waals surface area contributed by atoms with E-state index >= 15 is 0 Å². The van der Waals surface area contributed by atoms with E-state index in [0.29, 0.717) is 0 Å². The van der Waals surface area contributed by atoms with Gasteiger partial charge in [-0.15, -0.1) is 0 Å². The van der Waals surface area contributed by atoms with Gasteiger partial charge in [-0.3, -0.25) is 4.52 Å². The Labute approximate surface area is 58.8 Å². The second-order valence-electron chi connectivity index (χ2n) is 1.08. The molecule has 1 aromatic rings. The fourth-order valence-corrected chi connectivity index (χ4v) is 1.41. The highest BCUT2D eigenvalue weighted by molar-refractivity contribution is 7.74. The Morgan fingerprint density at radius 3 is 3.00 bits per heavy atom. The van der Waals surface area contributed by atoms with Crippen molar-refractivity contribution in [3.63, 3.8) is 0 Å². The predicted molar refractivity (Wildman–Crippen MR) is 35.0 cm³/mol. The summed E-state index contributed by atoms with van der Waals surface area (Å²) in [7, 11) is 0.766. The predicted octanol–water partition coefficient (Wildman–Crippen LogP) is 1.19. The molecule has 0 spiro atoms. The summed E-state index contributed by atoms with van der Waals surface area (Å²) in [5.74, 6) is 0. The van der Waals surface area contributed by atoms with E-state index in [0.717, 1.165) is 12.6 Å². The second-order valence-corrected chi connectivity index (χ2v) is 3.47. The molecule has 0 aliphatic rings. The zero-order valence-corrected chi connectivity index (χ0v) is 6.30. The van der Waals surface area contributed by atoms with Crippen LogP contribution in [0.3, 0.4) is 0 Å². The molecule has 0 bridgehead atoms. The molecule has 42 valence electrons. The monoisotopic (exact) mass is 163 g/mol. The maximum atomic E-state index is 4.80. The number of aromatic nitrogens is 1. The Hall–Kier alpha value is -0.0500. The molecular weight excluding hydrogens is 161 g/mol. The molecule has 0 amide bonds. The van der Waals surface area contributed by atoms with Crippen molar-refractivity contribution in [2.75, 3.05) is 0 Å². The van der Waals surface area contributed by atoms with Crippen LogP contribution >= 0.6 is 20.6 Å². The lowest BCUT2D eigenvalue weighted by Crippen LogP contribution is -2.18. The molecule has 0 radical (unpaired) electrons. The van der Waals surface area contributed by atoms with E-state index in [1.165, 1.54) is 10.2 Å². The minimum absolute atomic E-state index is 0.766. The molecule has 0 saturated carbocycles. The average molecular weight is 163 g/mol. The van der Waals surface area contributed by atoms with Crippen molar-refractivity contribution in [1.29, 1.82) is 0 Å². The summed E-state index contributed by atoms with van der Waals surface area (Å²) in [4.78, 5) is 0. The first-order valence-corrected chi connectivity index (χ1v) is 3.47. The lowest BCUT2D eigenvalue weighted by molar-refractivity contribution is -0.645. The molecule has 0 N–H and O–H groups in total.